The normalized spacial score (nSPS) is 25.3. The minimum Gasteiger partial charge on any atom is -0.299 e. The number of hydrogen-bond acceptors (Lipinski definition) is 4. The van der Waals surface area contributed by atoms with Crippen LogP contribution in [0.1, 0.15) is 25.7 Å². The van der Waals surface area contributed by atoms with Crippen molar-refractivity contribution in [1.82, 2.24) is 14.2 Å². The molecule has 0 radical (unpaired) electrons. The van der Waals surface area contributed by atoms with Gasteiger partial charge in [-0.3, -0.25) is 9.88 Å². The van der Waals surface area contributed by atoms with Gasteiger partial charge in [0.2, 0.25) is 10.0 Å². The maximum atomic E-state index is 12.7. The Kier molecular flexibility index (Phi) is 4.63. The van der Waals surface area contributed by atoms with Gasteiger partial charge in [0.15, 0.2) is 0 Å². The van der Waals surface area contributed by atoms with Crippen LogP contribution in [0.25, 0.3) is 0 Å². The van der Waals surface area contributed by atoms with Crippen molar-refractivity contribution in [2.24, 2.45) is 0 Å². The fourth-order valence-corrected chi connectivity index (χ4v) is 5.19. The minimum atomic E-state index is -3.42. The molecule has 1 atom stereocenters. The zero-order chi connectivity index (χ0) is 14.9. The topological polar surface area (TPSA) is 53.5 Å². The first-order valence-electron chi connectivity index (χ1n) is 7.42. The third kappa shape index (κ3) is 3.31. The van der Waals surface area contributed by atoms with Gasteiger partial charge < -0.3 is 0 Å². The molecule has 2 fully saturated rings. The Morgan fingerprint density at radius 2 is 1.90 bits per heavy atom. The largest absolute Gasteiger partial charge is 0.299 e. The first-order chi connectivity index (χ1) is 10.1. The molecule has 1 unspecified atom stereocenters. The SMILES string of the molecule is O=S(=O)(c1cncc(Br)c1)N1CCC(N2CCCCC2)C1. The van der Waals surface area contributed by atoms with Gasteiger partial charge in [-0.05, 0) is 54.3 Å². The van der Waals surface area contributed by atoms with E-state index in [0.29, 0.717) is 23.6 Å². The lowest BCUT2D eigenvalue weighted by molar-refractivity contribution is 0.169. The zero-order valence-corrected chi connectivity index (χ0v) is 14.3. The van der Waals surface area contributed by atoms with E-state index in [1.807, 2.05) is 0 Å². The van der Waals surface area contributed by atoms with E-state index >= 15 is 0 Å². The zero-order valence-electron chi connectivity index (χ0n) is 11.9. The number of rotatable bonds is 3. The molecule has 2 aliphatic heterocycles. The summed E-state index contributed by atoms with van der Waals surface area (Å²) in [6, 6.07) is 2.00. The molecular formula is C14H20BrN3O2S. The third-order valence-corrected chi connectivity index (χ3v) is 6.61. The minimum absolute atomic E-state index is 0.274. The summed E-state index contributed by atoms with van der Waals surface area (Å²) in [6.07, 6.45) is 7.72. The van der Waals surface area contributed by atoms with Gasteiger partial charge in [-0.25, -0.2) is 8.42 Å². The Bertz CT molecular complexity index is 602. The van der Waals surface area contributed by atoms with Gasteiger partial charge in [0, 0.05) is 36.0 Å². The van der Waals surface area contributed by atoms with Crippen molar-refractivity contribution in [2.75, 3.05) is 26.2 Å². The van der Waals surface area contributed by atoms with Crippen molar-refractivity contribution in [2.45, 2.75) is 36.6 Å². The van der Waals surface area contributed by atoms with Crippen LogP contribution >= 0.6 is 15.9 Å². The molecule has 0 saturated carbocycles. The van der Waals surface area contributed by atoms with Crippen molar-refractivity contribution in [3.63, 3.8) is 0 Å². The second-order valence-corrected chi connectivity index (χ2v) is 8.59. The maximum Gasteiger partial charge on any atom is 0.244 e. The molecule has 2 aliphatic rings. The van der Waals surface area contributed by atoms with E-state index in [0.717, 1.165) is 19.5 Å². The number of halogens is 1. The molecule has 3 rings (SSSR count). The summed E-state index contributed by atoms with van der Waals surface area (Å²) in [4.78, 5) is 6.70. The number of hydrogen-bond donors (Lipinski definition) is 0. The van der Waals surface area contributed by atoms with Crippen molar-refractivity contribution < 1.29 is 8.42 Å². The summed E-state index contributed by atoms with van der Waals surface area (Å²) in [7, 11) is -3.42. The van der Waals surface area contributed by atoms with Crippen LogP contribution in [0.2, 0.25) is 0 Å². The summed E-state index contributed by atoms with van der Waals surface area (Å²) < 4.78 is 27.6. The molecule has 0 spiro atoms. The van der Waals surface area contributed by atoms with Crippen molar-refractivity contribution in [3.05, 3.63) is 22.9 Å². The number of pyridine rings is 1. The number of piperidine rings is 1. The predicted molar refractivity (Wildman–Crippen MR) is 84.5 cm³/mol. The van der Waals surface area contributed by atoms with Crippen LogP contribution in [0.3, 0.4) is 0 Å². The average molecular weight is 374 g/mol. The van der Waals surface area contributed by atoms with Gasteiger partial charge in [-0.2, -0.15) is 4.31 Å². The van der Waals surface area contributed by atoms with Crippen LogP contribution in [-0.4, -0.2) is 54.8 Å². The average Bonchev–Trinajstić information content (AvgIpc) is 2.99. The van der Waals surface area contributed by atoms with Crippen molar-refractivity contribution in [3.8, 4) is 0 Å². The summed E-state index contributed by atoms with van der Waals surface area (Å²) >= 11 is 3.28. The first kappa shape index (κ1) is 15.4. The first-order valence-corrected chi connectivity index (χ1v) is 9.65. The molecule has 21 heavy (non-hydrogen) atoms. The van der Waals surface area contributed by atoms with E-state index in [9.17, 15) is 8.42 Å². The lowest BCUT2D eigenvalue weighted by atomic mass is 10.1. The fourth-order valence-electron chi connectivity index (χ4n) is 3.19. The fraction of sp³-hybridized carbons (Fsp3) is 0.643. The van der Waals surface area contributed by atoms with Crippen LogP contribution in [0.5, 0.6) is 0 Å². The van der Waals surface area contributed by atoms with Crippen LogP contribution in [0.4, 0.5) is 0 Å². The third-order valence-electron chi connectivity index (χ3n) is 4.35. The molecule has 0 aromatic carbocycles. The summed E-state index contributed by atoms with van der Waals surface area (Å²) in [6.45, 7) is 3.43. The van der Waals surface area contributed by atoms with Crippen molar-refractivity contribution in [1.29, 1.82) is 0 Å². The molecule has 0 bridgehead atoms. The number of likely N-dealkylation sites (tertiary alicyclic amines) is 1. The highest BCUT2D eigenvalue weighted by molar-refractivity contribution is 9.10. The highest BCUT2D eigenvalue weighted by atomic mass is 79.9. The van der Waals surface area contributed by atoms with Gasteiger partial charge >= 0.3 is 0 Å². The molecule has 1 aromatic heterocycles. The highest BCUT2D eigenvalue weighted by Crippen LogP contribution is 2.26. The molecule has 0 amide bonds. The molecule has 0 aliphatic carbocycles. The molecule has 2 saturated heterocycles. The Morgan fingerprint density at radius 1 is 1.14 bits per heavy atom. The van der Waals surface area contributed by atoms with Crippen LogP contribution < -0.4 is 0 Å². The summed E-state index contributed by atoms with van der Waals surface area (Å²) in [5.41, 5.74) is 0. The predicted octanol–water partition coefficient (Wildman–Crippen LogP) is 2.09. The van der Waals surface area contributed by atoms with Crippen LogP contribution in [0, 0.1) is 0 Å². The Labute approximate surface area is 134 Å². The van der Waals surface area contributed by atoms with Crippen LogP contribution in [-0.2, 0) is 10.0 Å². The van der Waals surface area contributed by atoms with Crippen molar-refractivity contribution >= 4 is 26.0 Å². The monoisotopic (exact) mass is 373 g/mol. The highest BCUT2D eigenvalue weighted by Gasteiger charge is 2.35. The lowest BCUT2D eigenvalue weighted by Crippen LogP contribution is -2.41. The molecule has 116 valence electrons. The summed E-state index contributed by atoms with van der Waals surface area (Å²) in [5, 5.41) is 0. The number of sulfonamides is 1. The lowest BCUT2D eigenvalue weighted by Gasteiger charge is -2.32. The van der Waals surface area contributed by atoms with Crippen LogP contribution in [0.15, 0.2) is 27.8 Å². The molecule has 7 heteroatoms. The molecule has 0 N–H and O–H groups in total. The van der Waals surface area contributed by atoms with Gasteiger partial charge in [0.25, 0.3) is 0 Å². The summed E-state index contributed by atoms with van der Waals surface area (Å²) in [5.74, 6) is 0. The van der Waals surface area contributed by atoms with Gasteiger partial charge in [0.05, 0.1) is 0 Å². The van der Waals surface area contributed by atoms with E-state index in [1.54, 1.807) is 16.6 Å². The smallest absolute Gasteiger partial charge is 0.244 e. The second-order valence-electron chi connectivity index (χ2n) is 5.74. The molecule has 3 heterocycles. The Morgan fingerprint density at radius 3 is 2.62 bits per heavy atom. The van der Waals surface area contributed by atoms with Gasteiger partial charge in [-0.15, -0.1) is 0 Å². The molecule has 1 aromatic rings. The molecular weight excluding hydrogens is 354 g/mol. The second kappa shape index (κ2) is 6.32. The molecule has 5 nitrogen and oxygen atoms in total. The quantitative estimate of drug-likeness (QED) is 0.813. The Balaban J connectivity index is 1.72. The Hall–Kier alpha value is -0.500. The van der Waals surface area contributed by atoms with Gasteiger partial charge in [0.1, 0.15) is 4.90 Å². The van der Waals surface area contributed by atoms with E-state index in [2.05, 4.69) is 25.8 Å². The number of nitrogens with zero attached hydrogens (tertiary/aromatic N) is 3. The van der Waals surface area contributed by atoms with E-state index in [1.165, 1.54) is 25.5 Å². The van der Waals surface area contributed by atoms with E-state index < -0.39 is 10.0 Å². The standard InChI is InChI=1S/C14H20BrN3O2S/c15-12-8-14(10-16-9-12)21(19,20)18-7-4-13(11-18)17-5-2-1-3-6-17/h8-10,13H,1-7,11H2. The number of aromatic nitrogens is 1. The maximum absolute atomic E-state index is 12.7. The van der Waals surface area contributed by atoms with Gasteiger partial charge in [-0.1, -0.05) is 6.42 Å². The van der Waals surface area contributed by atoms with E-state index in [4.69, 9.17) is 0 Å². The van der Waals surface area contributed by atoms with E-state index in [-0.39, 0.29) is 4.90 Å².